The number of likely N-dealkylation sites (N-methyl/N-ethyl adjacent to an activating group) is 1. The molecule has 1 spiro atoms. The maximum absolute atomic E-state index is 13.8. The number of carbonyl (C=O) groups excluding carboxylic acids is 2. The molecule has 0 aromatic rings. The topological polar surface area (TPSA) is 40.6 Å². The van der Waals surface area contributed by atoms with E-state index in [1.165, 1.54) is 6.08 Å². The molecule has 2 saturated heterocycles. The van der Waals surface area contributed by atoms with Crippen LogP contribution in [0.25, 0.3) is 0 Å². The summed E-state index contributed by atoms with van der Waals surface area (Å²) in [5, 5.41) is 0. The van der Waals surface area contributed by atoms with Gasteiger partial charge in [0.2, 0.25) is 5.91 Å². The summed E-state index contributed by atoms with van der Waals surface area (Å²) in [6, 6.07) is 0. The lowest BCUT2D eigenvalue weighted by Crippen LogP contribution is -2.58. The fourth-order valence-electron chi connectivity index (χ4n) is 3.91. The van der Waals surface area contributed by atoms with Gasteiger partial charge in [0, 0.05) is 44.8 Å². The van der Waals surface area contributed by atoms with Gasteiger partial charge in [0.15, 0.2) is 5.78 Å². The first-order valence-corrected chi connectivity index (χ1v) is 10.0. The Labute approximate surface area is 158 Å². The molecule has 1 aliphatic carbocycles. The molecule has 1 atom stereocenters. The molecular weight excluding hydrogens is 331 g/mol. The van der Waals surface area contributed by atoms with E-state index in [0.29, 0.717) is 37.9 Å². The Morgan fingerprint density at radius 2 is 1.77 bits per heavy atom. The average Bonchev–Trinajstić information content (AvgIpc) is 2.85. The molecule has 0 radical (unpaired) electrons. The zero-order valence-electron chi connectivity index (χ0n) is 17.3. The van der Waals surface area contributed by atoms with Gasteiger partial charge in [0.1, 0.15) is 6.17 Å². The quantitative estimate of drug-likeness (QED) is 0.643. The Morgan fingerprint density at radius 1 is 1.19 bits per heavy atom. The van der Waals surface area contributed by atoms with E-state index in [4.69, 9.17) is 0 Å². The summed E-state index contributed by atoms with van der Waals surface area (Å²) >= 11 is 0. The molecule has 2 heterocycles. The minimum absolute atomic E-state index is 0.0465. The summed E-state index contributed by atoms with van der Waals surface area (Å²) in [6.45, 7) is 11.0. The van der Waals surface area contributed by atoms with E-state index in [2.05, 4.69) is 4.90 Å². The van der Waals surface area contributed by atoms with E-state index < -0.39 is 6.17 Å². The Hall–Kier alpha value is -1.65. The minimum Gasteiger partial charge on any atom is -0.368 e. The van der Waals surface area contributed by atoms with Crippen LogP contribution in [0.1, 0.15) is 66.7 Å². The number of fused-ring (bicyclic) bond motifs is 1. The van der Waals surface area contributed by atoms with Gasteiger partial charge in [-0.25, -0.2) is 4.39 Å². The molecule has 0 bridgehead atoms. The Morgan fingerprint density at radius 3 is 2.31 bits per heavy atom. The molecule has 0 saturated carbocycles. The molecule has 5 heteroatoms. The second-order valence-corrected chi connectivity index (χ2v) is 6.65. The van der Waals surface area contributed by atoms with Gasteiger partial charge < -0.3 is 9.80 Å². The van der Waals surface area contributed by atoms with E-state index >= 15 is 0 Å². The minimum atomic E-state index is -1.03. The van der Waals surface area contributed by atoms with Crippen molar-refractivity contribution in [2.45, 2.75) is 78.4 Å². The first-order valence-electron chi connectivity index (χ1n) is 10.0. The number of carbonyl (C=O) groups is 2. The number of halogens is 1. The fraction of sp³-hybridized carbons (Fsp3) is 0.714. The van der Waals surface area contributed by atoms with Gasteiger partial charge in [-0.1, -0.05) is 33.8 Å². The second kappa shape index (κ2) is 9.89. The Bertz CT molecular complexity index is 560. The molecule has 0 aromatic heterocycles. The normalized spacial score (nSPS) is 24.1. The van der Waals surface area contributed by atoms with Crippen LogP contribution in [0.3, 0.4) is 0 Å². The highest BCUT2D eigenvalue weighted by Crippen LogP contribution is 2.42. The van der Waals surface area contributed by atoms with Gasteiger partial charge in [-0.15, -0.1) is 0 Å². The molecule has 3 rings (SSSR count). The van der Waals surface area contributed by atoms with E-state index in [9.17, 15) is 14.0 Å². The van der Waals surface area contributed by atoms with Crippen molar-refractivity contribution < 1.29 is 14.0 Å². The summed E-state index contributed by atoms with van der Waals surface area (Å²) in [5.41, 5.74) is 1.21. The third-order valence-electron chi connectivity index (χ3n) is 5.41. The van der Waals surface area contributed by atoms with E-state index in [1.807, 2.05) is 45.7 Å². The summed E-state index contributed by atoms with van der Waals surface area (Å²) < 4.78 is 13.8. The van der Waals surface area contributed by atoms with E-state index in [1.54, 1.807) is 6.92 Å². The van der Waals surface area contributed by atoms with Crippen molar-refractivity contribution in [2.75, 3.05) is 20.1 Å². The third kappa shape index (κ3) is 4.54. The first-order chi connectivity index (χ1) is 12.4. The molecule has 1 unspecified atom stereocenters. The van der Waals surface area contributed by atoms with Gasteiger partial charge in [-0.2, -0.15) is 0 Å². The number of ketones is 1. The van der Waals surface area contributed by atoms with Crippen LogP contribution in [-0.4, -0.2) is 53.3 Å². The lowest BCUT2D eigenvalue weighted by atomic mass is 9.76. The maximum atomic E-state index is 13.8. The molecule has 0 aromatic carbocycles. The number of hydrogen-bond acceptors (Lipinski definition) is 3. The van der Waals surface area contributed by atoms with Crippen molar-refractivity contribution in [2.24, 2.45) is 0 Å². The van der Waals surface area contributed by atoms with Crippen LogP contribution >= 0.6 is 0 Å². The number of piperidine rings is 2. The molecule has 2 fully saturated rings. The summed E-state index contributed by atoms with van der Waals surface area (Å²) in [7, 11) is 2.01. The van der Waals surface area contributed by atoms with Gasteiger partial charge in [-0.05, 0) is 31.8 Å². The zero-order valence-corrected chi connectivity index (χ0v) is 17.3. The molecular formula is C21H35FN2O2. The Kier molecular flexibility index (Phi) is 8.51. The molecule has 1 amide bonds. The van der Waals surface area contributed by atoms with Crippen molar-refractivity contribution in [3.8, 4) is 0 Å². The smallest absolute Gasteiger partial charge is 0.219 e. The number of nitrogens with zero attached hydrogens (tertiary/aromatic N) is 2. The van der Waals surface area contributed by atoms with Crippen molar-refractivity contribution in [3.63, 3.8) is 0 Å². The predicted molar refractivity (Wildman–Crippen MR) is 105 cm³/mol. The van der Waals surface area contributed by atoms with Gasteiger partial charge in [-0.3, -0.25) is 9.59 Å². The number of amides is 1. The van der Waals surface area contributed by atoms with E-state index in [0.717, 1.165) is 18.5 Å². The molecule has 0 N–H and O–H groups in total. The van der Waals surface area contributed by atoms with Crippen LogP contribution in [-0.2, 0) is 9.59 Å². The molecule has 3 aliphatic rings. The number of Topliss-reactive ketones (excluding diaryl/α,β-unsaturated/α-hetero) is 1. The predicted octanol–water partition coefficient (Wildman–Crippen LogP) is 4.27. The first kappa shape index (κ1) is 22.4. The number of rotatable bonds is 0. The highest BCUT2D eigenvalue weighted by Gasteiger charge is 2.46. The summed E-state index contributed by atoms with van der Waals surface area (Å²) in [4.78, 5) is 28.1. The van der Waals surface area contributed by atoms with E-state index in [-0.39, 0.29) is 17.2 Å². The van der Waals surface area contributed by atoms with Crippen molar-refractivity contribution in [3.05, 3.63) is 23.4 Å². The lowest BCUT2D eigenvalue weighted by Gasteiger charge is -2.51. The van der Waals surface area contributed by atoms with Crippen LogP contribution in [0.2, 0.25) is 0 Å². The van der Waals surface area contributed by atoms with Crippen molar-refractivity contribution in [1.29, 1.82) is 0 Å². The van der Waals surface area contributed by atoms with Crippen LogP contribution in [0.4, 0.5) is 4.39 Å². The third-order valence-corrected chi connectivity index (χ3v) is 5.41. The fourth-order valence-corrected chi connectivity index (χ4v) is 3.91. The Balaban J connectivity index is 0.000000791. The number of hydrogen-bond donors (Lipinski definition) is 0. The average molecular weight is 367 g/mol. The van der Waals surface area contributed by atoms with Crippen molar-refractivity contribution >= 4 is 11.7 Å². The molecule has 4 nitrogen and oxygen atoms in total. The summed E-state index contributed by atoms with van der Waals surface area (Å²) in [5.74, 6) is 0.138. The van der Waals surface area contributed by atoms with Gasteiger partial charge in [0.25, 0.3) is 0 Å². The van der Waals surface area contributed by atoms with Gasteiger partial charge >= 0.3 is 0 Å². The van der Waals surface area contributed by atoms with Crippen LogP contribution in [0.5, 0.6) is 0 Å². The van der Waals surface area contributed by atoms with Gasteiger partial charge in [0.05, 0.1) is 5.54 Å². The van der Waals surface area contributed by atoms with Crippen LogP contribution in [0, 0.1) is 0 Å². The zero-order chi connectivity index (χ0) is 19.9. The number of allylic oxidation sites excluding steroid dienone is 3. The highest BCUT2D eigenvalue weighted by atomic mass is 19.1. The highest BCUT2D eigenvalue weighted by molar-refractivity contribution is 6.01. The second-order valence-electron chi connectivity index (χ2n) is 6.65. The largest absolute Gasteiger partial charge is 0.368 e. The monoisotopic (exact) mass is 366 g/mol. The summed E-state index contributed by atoms with van der Waals surface area (Å²) in [6.07, 6.45) is 5.57. The standard InChI is InChI=1S/C17H23FN2O2.2C2H6/c1-12(21)20-8-6-17(7-9-20)11-16(22)14-10-13(18)4-3-5-15(14)19(17)2;2*1-2/h5,10,13H,3-4,6-9,11H2,1-2H3;2*1-2H3. The molecule has 148 valence electrons. The van der Waals surface area contributed by atoms with Crippen LogP contribution < -0.4 is 0 Å². The molecule has 26 heavy (non-hydrogen) atoms. The maximum Gasteiger partial charge on any atom is 0.219 e. The van der Waals surface area contributed by atoms with Crippen LogP contribution in [0.15, 0.2) is 23.4 Å². The number of alkyl halides is 1. The lowest BCUT2D eigenvalue weighted by molar-refractivity contribution is -0.132. The molecule has 2 aliphatic heterocycles. The SMILES string of the molecule is CC.CC.CC(=O)N1CCC2(CC1)CC(=O)C1=CC(F)CCC=C1N2C. The number of likely N-dealkylation sites (tertiary alicyclic amines) is 2. The van der Waals surface area contributed by atoms with Crippen molar-refractivity contribution in [1.82, 2.24) is 9.80 Å².